The molecule has 0 aliphatic carbocycles. The monoisotopic (exact) mass is 324 g/mol. The molecule has 0 bridgehead atoms. The highest BCUT2D eigenvalue weighted by molar-refractivity contribution is 6.31. The summed E-state index contributed by atoms with van der Waals surface area (Å²) in [4.78, 5) is 14.5. The zero-order valence-corrected chi connectivity index (χ0v) is 13.9. The van der Waals surface area contributed by atoms with Crippen molar-refractivity contribution in [3.63, 3.8) is 0 Å². The fourth-order valence-corrected chi connectivity index (χ4v) is 3.20. The minimum Gasteiger partial charge on any atom is -0.385 e. The summed E-state index contributed by atoms with van der Waals surface area (Å²) in [6, 6.07) is 7.92. The molecule has 122 valence electrons. The quantitative estimate of drug-likeness (QED) is 0.832. The summed E-state index contributed by atoms with van der Waals surface area (Å²) in [7, 11) is 1.67. The first-order valence-electron chi connectivity index (χ1n) is 8.02. The zero-order chi connectivity index (χ0) is 15.8. The van der Waals surface area contributed by atoms with E-state index in [1.165, 1.54) is 0 Å². The first kappa shape index (κ1) is 17.1. The van der Waals surface area contributed by atoms with E-state index in [1.54, 1.807) is 7.11 Å². The Morgan fingerprint density at radius 3 is 2.95 bits per heavy atom. The van der Waals surface area contributed by atoms with Crippen molar-refractivity contribution in [2.45, 2.75) is 38.1 Å². The molecule has 22 heavy (non-hydrogen) atoms. The van der Waals surface area contributed by atoms with Crippen LogP contribution in [0.3, 0.4) is 0 Å². The van der Waals surface area contributed by atoms with E-state index in [0.29, 0.717) is 13.2 Å². The van der Waals surface area contributed by atoms with Gasteiger partial charge in [-0.05, 0) is 30.9 Å². The van der Waals surface area contributed by atoms with Gasteiger partial charge >= 0.3 is 6.03 Å². The minimum absolute atomic E-state index is 0.00271. The van der Waals surface area contributed by atoms with Crippen molar-refractivity contribution in [1.29, 1.82) is 0 Å². The van der Waals surface area contributed by atoms with Crippen molar-refractivity contribution in [1.82, 2.24) is 10.2 Å². The number of rotatable bonds is 5. The Bertz CT molecular complexity index is 481. The number of halogens is 1. The van der Waals surface area contributed by atoms with E-state index in [4.69, 9.17) is 16.3 Å². The molecular weight excluding hydrogens is 300 g/mol. The number of ether oxygens (including phenoxy) is 1. The highest BCUT2D eigenvalue weighted by Crippen LogP contribution is 2.34. The van der Waals surface area contributed by atoms with Gasteiger partial charge in [0.2, 0.25) is 0 Å². The largest absolute Gasteiger partial charge is 0.385 e. The van der Waals surface area contributed by atoms with Gasteiger partial charge < -0.3 is 15.0 Å². The molecule has 1 heterocycles. The van der Waals surface area contributed by atoms with E-state index >= 15 is 0 Å². The maximum Gasteiger partial charge on any atom is 0.317 e. The fourth-order valence-electron chi connectivity index (χ4n) is 2.93. The summed E-state index contributed by atoms with van der Waals surface area (Å²) in [6.45, 7) is 2.08. The van der Waals surface area contributed by atoms with Gasteiger partial charge in [0.25, 0.3) is 0 Å². The number of carbonyl (C=O) groups is 1. The molecule has 1 saturated heterocycles. The van der Waals surface area contributed by atoms with Gasteiger partial charge in [0, 0.05) is 31.8 Å². The SMILES string of the molecule is COCCCNC(=O)N1CCCCC[C@@H]1c1ccccc1Cl. The standard InChI is InChI=1S/C17H25ClN2O2/c1-22-13-7-11-19-17(21)20-12-6-2-3-10-16(20)14-8-4-5-9-15(14)18/h4-5,8-9,16H,2-3,6-7,10-13H2,1H3,(H,19,21)/t16-/m1/s1. The van der Waals surface area contributed by atoms with Crippen LogP contribution in [0.5, 0.6) is 0 Å². The molecule has 2 rings (SSSR count). The molecule has 1 aromatic rings. The number of nitrogens with zero attached hydrogens (tertiary/aromatic N) is 1. The second kappa shape index (κ2) is 9.01. The minimum atomic E-state index is 0.00271. The van der Waals surface area contributed by atoms with Crippen LogP contribution in [0.25, 0.3) is 0 Å². The van der Waals surface area contributed by atoms with Gasteiger partial charge in [-0.25, -0.2) is 4.79 Å². The molecule has 1 aromatic carbocycles. The Kier molecular flexibility index (Phi) is 7.00. The molecule has 1 N–H and O–H groups in total. The van der Waals surface area contributed by atoms with Crippen molar-refractivity contribution in [2.75, 3.05) is 26.8 Å². The number of likely N-dealkylation sites (tertiary alicyclic amines) is 1. The molecule has 2 amide bonds. The number of nitrogens with one attached hydrogen (secondary N) is 1. The lowest BCUT2D eigenvalue weighted by molar-refractivity contribution is 0.170. The third-order valence-electron chi connectivity index (χ3n) is 4.08. The van der Waals surface area contributed by atoms with Crippen molar-refractivity contribution >= 4 is 17.6 Å². The van der Waals surface area contributed by atoms with Gasteiger partial charge in [-0.2, -0.15) is 0 Å². The van der Waals surface area contributed by atoms with Crippen molar-refractivity contribution in [3.05, 3.63) is 34.9 Å². The van der Waals surface area contributed by atoms with E-state index in [9.17, 15) is 4.79 Å². The topological polar surface area (TPSA) is 41.6 Å². The zero-order valence-electron chi connectivity index (χ0n) is 13.2. The van der Waals surface area contributed by atoms with Crippen LogP contribution in [0.2, 0.25) is 5.02 Å². The van der Waals surface area contributed by atoms with Gasteiger partial charge in [0.15, 0.2) is 0 Å². The summed E-state index contributed by atoms with van der Waals surface area (Å²) in [5, 5.41) is 3.74. The second-order valence-corrected chi connectivity index (χ2v) is 6.07. The number of carbonyl (C=O) groups excluding carboxylic acids is 1. The number of benzene rings is 1. The number of amides is 2. The highest BCUT2D eigenvalue weighted by Gasteiger charge is 2.27. The molecule has 0 saturated carbocycles. The summed E-state index contributed by atoms with van der Waals surface area (Å²) in [5.41, 5.74) is 1.05. The van der Waals surface area contributed by atoms with Crippen LogP contribution in [0, 0.1) is 0 Å². The van der Waals surface area contributed by atoms with Crippen LogP contribution in [-0.4, -0.2) is 37.7 Å². The third-order valence-corrected chi connectivity index (χ3v) is 4.42. The number of methoxy groups -OCH3 is 1. The lowest BCUT2D eigenvalue weighted by atomic mass is 10.0. The Morgan fingerprint density at radius 2 is 2.18 bits per heavy atom. The van der Waals surface area contributed by atoms with Crippen LogP contribution in [0.1, 0.15) is 43.7 Å². The predicted octanol–water partition coefficient (Wildman–Crippen LogP) is 4.00. The van der Waals surface area contributed by atoms with E-state index < -0.39 is 0 Å². The first-order chi connectivity index (χ1) is 10.7. The van der Waals surface area contributed by atoms with Crippen molar-refractivity contribution in [3.8, 4) is 0 Å². The average Bonchev–Trinajstić information content (AvgIpc) is 2.78. The van der Waals surface area contributed by atoms with E-state index in [0.717, 1.165) is 49.2 Å². The summed E-state index contributed by atoms with van der Waals surface area (Å²) < 4.78 is 5.01. The molecular formula is C17H25ClN2O2. The maximum absolute atomic E-state index is 12.5. The molecule has 0 unspecified atom stereocenters. The molecule has 0 radical (unpaired) electrons. The van der Waals surface area contributed by atoms with Crippen LogP contribution < -0.4 is 5.32 Å². The molecule has 1 atom stereocenters. The smallest absolute Gasteiger partial charge is 0.317 e. The Labute approximate surface area is 137 Å². The van der Waals surface area contributed by atoms with Crippen LogP contribution >= 0.6 is 11.6 Å². The van der Waals surface area contributed by atoms with Crippen LogP contribution in [0.15, 0.2) is 24.3 Å². The van der Waals surface area contributed by atoms with Crippen LogP contribution in [-0.2, 0) is 4.74 Å². The Morgan fingerprint density at radius 1 is 1.36 bits per heavy atom. The van der Waals surface area contributed by atoms with E-state index in [1.807, 2.05) is 29.2 Å². The molecule has 4 nitrogen and oxygen atoms in total. The summed E-state index contributed by atoms with van der Waals surface area (Å²) in [6.07, 6.45) is 5.13. The molecule has 0 aromatic heterocycles. The summed E-state index contributed by atoms with van der Waals surface area (Å²) >= 11 is 6.35. The van der Waals surface area contributed by atoms with Crippen molar-refractivity contribution < 1.29 is 9.53 Å². The molecule has 1 fully saturated rings. The molecule has 1 aliphatic rings. The Hall–Kier alpha value is -1.26. The third kappa shape index (κ3) is 4.62. The first-order valence-corrected chi connectivity index (χ1v) is 8.39. The van der Waals surface area contributed by atoms with Gasteiger partial charge in [-0.1, -0.05) is 42.6 Å². The molecule has 0 spiro atoms. The second-order valence-electron chi connectivity index (χ2n) is 5.66. The molecule has 1 aliphatic heterocycles. The van der Waals surface area contributed by atoms with Gasteiger partial charge in [-0.15, -0.1) is 0 Å². The number of hydrogen-bond donors (Lipinski definition) is 1. The summed E-state index contributed by atoms with van der Waals surface area (Å²) in [5.74, 6) is 0. The maximum atomic E-state index is 12.5. The fraction of sp³-hybridized carbons (Fsp3) is 0.588. The van der Waals surface area contributed by atoms with E-state index in [2.05, 4.69) is 5.32 Å². The number of hydrogen-bond acceptors (Lipinski definition) is 2. The molecule has 5 heteroatoms. The van der Waals surface area contributed by atoms with Crippen molar-refractivity contribution in [2.24, 2.45) is 0 Å². The lowest BCUT2D eigenvalue weighted by Crippen LogP contribution is -2.42. The Balaban J connectivity index is 2.07. The van der Waals surface area contributed by atoms with Gasteiger partial charge in [0.05, 0.1) is 6.04 Å². The van der Waals surface area contributed by atoms with E-state index in [-0.39, 0.29) is 12.1 Å². The predicted molar refractivity (Wildman–Crippen MR) is 89.3 cm³/mol. The van der Waals surface area contributed by atoms with Crippen LogP contribution in [0.4, 0.5) is 4.79 Å². The normalized spacial score (nSPS) is 18.8. The highest BCUT2D eigenvalue weighted by atomic mass is 35.5. The average molecular weight is 325 g/mol. The van der Waals surface area contributed by atoms with Gasteiger partial charge in [0.1, 0.15) is 0 Å². The van der Waals surface area contributed by atoms with Gasteiger partial charge in [-0.3, -0.25) is 0 Å². The lowest BCUT2D eigenvalue weighted by Gasteiger charge is -2.31. The number of urea groups is 1.